The molecule has 2 aromatic carbocycles. The first-order chi connectivity index (χ1) is 10.1. The first kappa shape index (κ1) is 16.6. The Hall–Kier alpha value is -1.72. The molecule has 0 bridgehead atoms. The van der Waals surface area contributed by atoms with Crippen molar-refractivity contribution in [1.29, 1.82) is 0 Å². The minimum atomic E-state index is -0.0725. The van der Waals surface area contributed by atoms with Gasteiger partial charge in [0.05, 0.1) is 0 Å². The number of rotatable bonds is 3. The Morgan fingerprint density at radius 1 is 1.05 bits per heavy atom. The van der Waals surface area contributed by atoms with Crippen molar-refractivity contribution >= 4 is 49.6 Å². The Morgan fingerprint density at radius 3 is 2.45 bits per heavy atom. The highest BCUT2D eigenvalue weighted by molar-refractivity contribution is 9.10. The number of carbonyl (C=O) groups excluding carboxylic acids is 1. The molecule has 0 saturated carbocycles. The van der Waals surface area contributed by atoms with Gasteiger partial charge in [-0.1, -0.05) is 40.2 Å². The number of fused-ring (bicyclic) bond motifs is 1. The molecule has 0 N–H and O–H groups in total. The normalized spacial score (nSPS) is 10.2. The fourth-order valence-electron chi connectivity index (χ4n) is 2.32. The molecule has 0 unspecified atom stereocenters. The van der Waals surface area contributed by atoms with E-state index in [-0.39, 0.29) is 35.1 Å². The van der Waals surface area contributed by atoms with E-state index in [1.807, 2.05) is 30.3 Å². The average molecular weight is 423 g/mol. The van der Waals surface area contributed by atoms with Crippen molar-refractivity contribution in [3.63, 3.8) is 0 Å². The zero-order chi connectivity index (χ0) is 14.8. The third-order valence-electron chi connectivity index (χ3n) is 3.34. The Kier molecular flexibility index (Phi) is 5.32. The maximum atomic E-state index is 12.3. The predicted molar refractivity (Wildman–Crippen MR) is 92.4 cm³/mol. The molecule has 5 heteroatoms. The summed E-state index contributed by atoms with van der Waals surface area (Å²) in [6.45, 7) is 0.151. The van der Waals surface area contributed by atoms with Gasteiger partial charge in [-0.05, 0) is 30.0 Å². The molecule has 0 radical (unpaired) electrons. The van der Waals surface area contributed by atoms with Gasteiger partial charge >= 0.3 is 0 Å². The van der Waals surface area contributed by atoms with Gasteiger partial charge in [-0.25, -0.2) is 0 Å². The lowest BCUT2D eigenvalue weighted by molar-refractivity contribution is -0.658. The molecular weight excluding hydrogens is 410 g/mol. The summed E-state index contributed by atoms with van der Waals surface area (Å²) in [4.78, 5) is 12.3. The standard InChI is InChI=1S/C17H12BrNO2.BrH/c18-14-8-6-12(7-9-14)16(21)11-19-10-2-4-13-3-1-5-15(20)17(13)19;/h1-10H,11H2;1H. The third-order valence-corrected chi connectivity index (χ3v) is 3.87. The number of benzene rings is 2. The summed E-state index contributed by atoms with van der Waals surface area (Å²) in [6, 6.07) is 16.0. The zero-order valence-electron chi connectivity index (χ0n) is 11.5. The topological polar surface area (TPSA) is 44.0 Å². The Bertz CT molecular complexity index is 811. The second kappa shape index (κ2) is 7.03. The van der Waals surface area contributed by atoms with Crippen LogP contribution >= 0.6 is 32.9 Å². The quantitative estimate of drug-likeness (QED) is 0.479. The average Bonchev–Trinajstić information content (AvgIpc) is 2.48. The van der Waals surface area contributed by atoms with Crippen LogP contribution in [0.25, 0.3) is 10.9 Å². The van der Waals surface area contributed by atoms with Crippen LogP contribution in [0.1, 0.15) is 10.4 Å². The lowest BCUT2D eigenvalue weighted by Gasteiger charge is -2.08. The van der Waals surface area contributed by atoms with Crippen LogP contribution in [0, 0.1) is 0 Å². The van der Waals surface area contributed by atoms with E-state index in [0.717, 1.165) is 9.86 Å². The summed E-state index contributed by atoms with van der Waals surface area (Å²) in [5, 5.41) is 12.9. The van der Waals surface area contributed by atoms with E-state index < -0.39 is 0 Å². The second-order valence-electron chi connectivity index (χ2n) is 4.76. The minimum absolute atomic E-state index is 0. The van der Waals surface area contributed by atoms with E-state index in [9.17, 15) is 9.90 Å². The van der Waals surface area contributed by atoms with Crippen LogP contribution in [0.5, 0.6) is 5.75 Å². The summed E-state index contributed by atoms with van der Waals surface area (Å²) in [7, 11) is 0. The number of ketones is 1. The van der Waals surface area contributed by atoms with Gasteiger partial charge < -0.3 is 5.11 Å². The van der Waals surface area contributed by atoms with Crippen LogP contribution in [-0.2, 0) is 6.54 Å². The molecule has 0 aliphatic heterocycles. The maximum absolute atomic E-state index is 12.3. The van der Waals surface area contributed by atoms with Crippen molar-refractivity contribution < 1.29 is 14.5 Å². The summed E-state index contributed by atoms with van der Waals surface area (Å²) in [5.41, 5.74) is 1.19. The van der Waals surface area contributed by atoms with Crippen molar-refractivity contribution in [2.45, 2.75) is 6.54 Å². The van der Waals surface area contributed by atoms with E-state index in [2.05, 4.69) is 15.9 Å². The van der Waals surface area contributed by atoms with Crippen molar-refractivity contribution in [2.75, 3.05) is 0 Å². The van der Waals surface area contributed by atoms with Crippen molar-refractivity contribution in [2.24, 2.45) is 0 Å². The number of carbonyl (C=O) groups is 1. The number of halogens is 2. The molecule has 112 valence electrons. The molecule has 0 saturated heterocycles. The lowest BCUT2D eigenvalue weighted by atomic mass is 10.1. The summed E-state index contributed by atoms with van der Waals surface area (Å²) < 4.78 is 2.64. The van der Waals surface area contributed by atoms with Gasteiger partial charge in [-0.2, -0.15) is 4.57 Å². The van der Waals surface area contributed by atoms with Crippen LogP contribution < -0.4 is 9.67 Å². The molecule has 3 rings (SSSR count). The molecule has 0 amide bonds. The van der Waals surface area contributed by atoms with Gasteiger partial charge in [0.2, 0.25) is 17.8 Å². The highest BCUT2D eigenvalue weighted by Gasteiger charge is 2.15. The molecule has 22 heavy (non-hydrogen) atoms. The highest BCUT2D eigenvalue weighted by Crippen LogP contribution is 2.18. The Morgan fingerprint density at radius 2 is 1.73 bits per heavy atom. The van der Waals surface area contributed by atoms with E-state index in [0.29, 0.717) is 11.1 Å². The monoisotopic (exact) mass is 421 g/mol. The van der Waals surface area contributed by atoms with Crippen molar-refractivity contribution in [3.05, 3.63) is 70.8 Å². The Labute approximate surface area is 147 Å². The van der Waals surface area contributed by atoms with Gasteiger partial charge in [0.25, 0.3) is 0 Å². The van der Waals surface area contributed by atoms with Crippen molar-refractivity contribution in [1.82, 2.24) is 0 Å². The van der Waals surface area contributed by atoms with Crippen LogP contribution in [-0.4, -0.2) is 5.78 Å². The van der Waals surface area contributed by atoms with E-state index in [4.69, 9.17) is 0 Å². The number of aromatic nitrogens is 1. The summed E-state index contributed by atoms with van der Waals surface area (Å²) in [5.74, 6) is -0.0973. The minimum Gasteiger partial charge on any atom is -0.868 e. The summed E-state index contributed by atoms with van der Waals surface area (Å²) in [6.07, 6.45) is 1.76. The molecule has 1 heterocycles. The van der Waals surface area contributed by atoms with Crippen molar-refractivity contribution in [3.8, 4) is 5.75 Å². The van der Waals surface area contributed by atoms with E-state index in [1.54, 1.807) is 29.0 Å². The number of nitrogens with zero attached hydrogens (tertiary/aromatic N) is 1. The van der Waals surface area contributed by atoms with Crippen LogP contribution in [0.4, 0.5) is 0 Å². The lowest BCUT2D eigenvalue weighted by Crippen LogP contribution is -2.38. The van der Waals surface area contributed by atoms with Crippen LogP contribution in [0.2, 0.25) is 0 Å². The molecular formula is C17H13Br2NO2. The molecule has 0 fully saturated rings. The molecule has 0 aliphatic carbocycles. The molecule has 1 aromatic heterocycles. The third kappa shape index (κ3) is 3.36. The molecule has 0 spiro atoms. The van der Waals surface area contributed by atoms with Gasteiger partial charge in [0.1, 0.15) is 0 Å². The fraction of sp³-hybridized carbons (Fsp3) is 0.0588. The van der Waals surface area contributed by atoms with Gasteiger partial charge in [0.15, 0.2) is 6.20 Å². The first-order valence-corrected chi connectivity index (χ1v) is 7.31. The van der Waals surface area contributed by atoms with Gasteiger partial charge in [-0.15, -0.1) is 17.0 Å². The number of Topliss-reactive ketones (excluding diaryl/α,β-unsaturated/α-hetero) is 1. The number of para-hydroxylation sites is 1. The zero-order valence-corrected chi connectivity index (χ0v) is 14.8. The molecule has 0 atom stereocenters. The molecule has 3 nitrogen and oxygen atoms in total. The number of hydrogen-bond donors (Lipinski definition) is 0. The second-order valence-corrected chi connectivity index (χ2v) is 5.68. The smallest absolute Gasteiger partial charge is 0.227 e. The maximum Gasteiger partial charge on any atom is 0.227 e. The van der Waals surface area contributed by atoms with Gasteiger partial charge in [0, 0.05) is 21.5 Å². The highest BCUT2D eigenvalue weighted by atomic mass is 79.9. The van der Waals surface area contributed by atoms with E-state index in [1.165, 1.54) is 6.07 Å². The van der Waals surface area contributed by atoms with Gasteiger partial charge in [-0.3, -0.25) is 4.79 Å². The summed E-state index contributed by atoms with van der Waals surface area (Å²) >= 11 is 3.35. The molecule has 0 aliphatic rings. The largest absolute Gasteiger partial charge is 0.868 e. The predicted octanol–water partition coefficient (Wildman–Crippen LogP) is 3.42. The number of hydrogen-bond acceptors (Lipinski definition) is 2. The molecule has 3 aromatic rings. The SMILES string of the molecule is Br.O=C(C[n+]1cccc2cccc([O-])c21)c1ccc(Br)cc1. The van der Waals surface area contributed by atoms with Crippen LogP contribution in [0.15, 0.2) is 65.3 Å². The Balaban J connectivity index is 0.00000176. The fourth-order valence-corrected chi connectivity index (χ4v) is 2.58. The first-order valence-electron chi connectivity index (χ1n) is 6.52. The van der Waals surface area contributed by atoms with Crippen LogP contribution in [0.3, 0.4) is 0 Å². The number of pyridine rings is 1. The van der Waals surface area contributed by atoms with E-state index >= 15 is 0 Å².